The molecule has 0 radical (unpaired) electrons. The maximum absolute atomic E-state index is 10.2. The predicted octanol–water partition coefficient (Wildman–Crippen LogP) is 1.90. The maximum atomic E-state index is 10.2. The molecule has 0 aromatic heterocycles. The van der Waals surface area contributed by atoms with E-state index in [-0.39, 0.29) is 6.10 Å². The third-order valence-electron chi connectivity index (χ3n) is 3.41. The fraction of sp³-hybridized carbons (Fsp3) is 0.571. The van der Waals surface area contributed by atoms with Gasteiger partial charge >= 0.3 is 0 Å². The van der Waals surface area contributed by atoms with E-state index in [1.54, 1.807) is 0 Å². The highest BCUT2D eigenvalue weighted by molar-refractivity contribution is 5.22. The number of aryl methyl sites for hydroxylation is 1. The van der Waals surface area contributed by atoms with Gasteiger partial charge in [-0.1, -0.05) is 29.8 Å². The molecule has 2 N–H and O–H groups in total. The van der Waals surface area contributed by atoms with Crippen LogP contribution in [0.25, 0.3) is 0 Å². The molecule has 1 fully saturated rings. The van der Waals surface area contributed by atoms with Gasteiger partial charge in [0.15, 0.2) is 0 Å². The lowest BCUT2D eigenvalue weighted by molar-refractivity contribution is 0.0922. The zero-order chi connectivity index (χ0) is 11.4. The van der Waals surface area contributed by atoms with Gasteiger partial charge in [0.25, 0.3) is 0 Å². The van der Waals surface area contributed by atoms with Gasteiger partial charge in [0.05, 0.1) is 6.10 Å². The van der Waals surface area contributed by atoms with Crippen LogP contribution in [0.15, 0.2) is 24.3 Å². The van der Waals surface area contributed by atoms with Crippen LogP contribution in [0, 0.1) is 12.8 Å². The molecule has 1 aliphatic heterocycles. The van der Waals surface area contributed by atoms with Crippen LogP contribution in [-0.4, -0.2) is 24.3 Å². The first-order valence-corrected chi connectivity index (χ1v) is 6.20. The van der Waals surface area contributed by atoms with Crippen LogP contribution in [0.2, 0.25) is 0 Å². The quantitative estimate of drug-likeness (QED) is 0.814. The van der Waals surface area contributed by atoms with Gasteiger partial charge in [-0.05, 0) is 44.2 Å². The van der Waals surface area contributed by atoms with E-state index in [1.807, 2.05) is 0 Å². The summed E-state index contributed by atoms with van der Waals surface area (Å²) in [6.07, 6.45) is 2.93. The van der Waals surface area contributed by atoms with E-state index in [9.17, 15) is 5.11 Å². The Bertz CT molecular complexity index is 331. The van der Waals surface area contributed by atoms with Crippen LogP contribution >= 0.6 is 0 Å². The van der Waals surface area contributed by atoms with Gasteiger partial charge in [0, 0.05) is 6.54 Å². The summed E-state index contributed by atoms with van der Waals surface area (Å²) in [6, 6.07) is 8.43. The molecule has 0 saturated carbocycles. The van der Waals surface area contributed by atoms with Gasteiger partial charge in [-0.25, -0.2) is 0 Å². The smallest absolute Gasteiger partial charge is 0.0620 e. The fourth-order valence-corrected chi connectivity index (χ4v) is 2.45. The number of aliphatic hydroxyl groups is 1. The van der Waals surface area contributed by atoms with Crippen LogP contribution in [0.4, 0.5) is 0 Å². The molecule has 2 nitrogen and oxygen atoms in total. The SMILES string of the molecule is Cc1cccc(CC(O)C2CCCNC2)c1. The molecule has 0 aliphatic carbocycles. The molecule has 2 atom stereocenters. The zero-order valence-corrected chi connectivity index (χ0v) is 9.95. The highest BCUT2D eigenvalue weighted by Gasteiger charge is 2.21. The monoisotopic (exact) mass is 219 g/mol. The molecule has 1 saturated heterocycles. The maximum Gasteiger partial charge on any atom is 0.0620 e. The molecule has 0 amide bonds. The van der Waals surface area contributed by atoms with Crippen LogP contribution in [-0.2, 0) is 6.42 Å². The van der Waals surface area contributed by atoms with Crippen molar-refractivity contribution in [3.8, 4) is 0 Å². The van der Waals surface area contributed by atoms with Crippen molar-refractivity contribution >= 4 is 0 Å². The lowest BCUT2D eigenvalue weighted by Crippen LogP contribution is -2.37. The third-order valence-corrected chi connectivity index (χ3v) is 3.41. The molecule has 16 heavy (non-hydrogen) atoms. The Morgan fingerprint density at radius 2 is 2.38 bits per heavy atom. The molecule has 2 unspecified atom stereocenters. The third kappa shape index (κ3) is 3.06. The Morgan fingerprint density at radius 1 is 1.50 bits per heavy atom. The predicted molar refractivity (Wildman–Crippen MR) is 66.5 cm³/mol. The van der Waals surface area contributed by atoms with Gasteiger partial charge in [-0.3, -0.25) is 0 Å². The average Bonchev–Trinajstić information content (AvgIpc) is 2.30. The van der Waals surface area contributed by atoms with E-state index in [0.29, 0.717) is 5.92 Å². The first kappa shape index (κ1) is 11.6. The second-order valence-electron chi connectivity index (χ2n) is 4.87. The highest BCUT2D eigenvalue weighted by atomic mass is 16.3. The standard InChI is InChI=1S/C14H21NO/c1-11-4-2-5-12(8-11)9-14(16)13-6-3-7-15-10-13/h2,4-5,8,13-16H,3,6-7,9-10H2,1H3. The van der Waals surface area contributed by atoms with Crippen molar-refractivity contribution in [2.75, 3.05) is 13.1 Å². The second-order valence-corrected chi connectivity index (χ2v) is 4.87. The number of benzene rings is 1. The second kappa shape index (κ2) is 5.46. The molecule has 1 aliphatic rings. The molecule has 1 aromatic carbocycles. The molecule has 88 valence electrons. The van der Waals surface area contributed by atoms with Crippen LogP contribution in [0.1, 0.15) is 24.0 Å². The molecular formula is C14H21NO. The van der Waals surface area contributed by atoms with Crippen LogP contribution in [0.5, 0.6) is 0 Å². The Labute approximate surface area is 97.7 Å². The minimum absolute atomic E-state index is 0.199. The molecular weight excluding hydrogens is 198 g/mol. The molecule has 2 rings (SSSR count). The van der Waals surface area contributed by atoms with Crippen LogP contribution in [0.3, 0.4) is 0 Å². The lowest BCUT2D eigenvalue weighted by atomic mass is 9.90. The van der Waals surface area contributed by atoms with Crippen molar-refractivity contribution in [2.24, 2.45) is 5.92 Å². The van der Waals surface area contributed by atoms with E-state index in [0.717, 1.165) is 25.9 Å². The summed E-state index contributed by atoms with van der Waals surface area (Å²) in [5, 5.41) is 13.5. The lowest BCUT2D eigenvalue weighted by Gasteiger charge is -2.27. The van der Waals surface area contributed by atoms with Gasteiger partial charge in [-0.2, -0.15) is 0 Å². The Balaban J connectivity index is 1.93. The van der Waals surface area contributed by atoms with Gasteiger partial charge < -0.3 is 10.4 Å². The highest BCUT2D eigenvalue weighted by Crippen LogP contribution is 2.18. The Kier molecular flexibility index (Phi) is 3.97. The number of hydrogen-bond donors (Lipinski definition) is 2. The molecule has 1 heterocycles. The Hall–Kier alpha value is -0.860. The van der Waals surface area contributed by atoms with E-state index in [2.05, 4.69) is 36.5 Å². The summed E-state index contributed by atoms with van der Waals surface area (Å²) < 4.78 is 0. The van der Waals surface area contributed by atoms with Gasteiger partial charge in [0.2, 0.25) is 0 Å². The molecule has 1 aromatic rings. The summed E-state index contributed by atoms with van der Waals surface area (Å²) >= 11 is 0. The van der Waals surface area contributed by atoms with Crippen molar-refractivity contribution in [3.05, 3.63) is 35.4 Å². The number of rotatable bonds is 3. The van der Waals surface area contributed by atoms with Gasteiger partial charge in [0.1, 0.15) is 0 Å². The van der Waals surface area contributed by atoms with Crippen LogP contribution < -0.4 is 5.32 Å². The van der Waals surface area contributed by atoms with E-state index < -0.39 is 0 Å². The molecule has 0 bridgehead atoms. The zero-order valence-electron chi connectivity index (χ0n) is 9.95. The van der Waals surface area contributed by atoms with Crippen molar-refractivity contribution in [3.63, 3.8) is 0 Å². The number of nitrogens with one attached hydrogen (secondary N) is 1. The van der Waals surface area contributed by atoms with Gasteiger partial charge in [-0.15, -0.1) is 0 Å². The number of aliphatic hydroxyl groups excluding tert-OH is 1. The number of hydrogen-bond acceptors (Lipinski definition) is 2. The topological polar surface area (TPSA) is 32.3 Å². The summed E-state index contributed by atoms with van der Waals surface area (Å²) in [4.78, 5) is 0. The fourth-order valence-electron chi connectivity index (χ4n) is 2.45. The molecule has 2 heteroatoms. The average molecular weight is 219 g/mol. The first-order valence-electron chi connectivity index (χ1n) is 6.20. The number of piperidine rings is 1. The Morgan fingerprint density at radius 3 is 3.06 bits per heavy atom. The van der Waals surface area contributed by atoms with E-state index >= 15 is 0 Å². The van der Waals surface area contributed by atoms with Crippen molar-refractivity contribution in [1.29, 1.82) is 0 Å². The van der Waals surface area contributed by atoms with Crippen molar-refractivity contribution in [1.82, 2.24) is 5.32 Å². The van der Waals surface area contributed by atoms with Crippen molar-refractivity contribution < 1.29 is 5.11 Å². The van der Waals surface area contributed by atoms with E-state index in [1.165, 1.54) is 17.5 Å². The summed E-state index contributed by atoms with van der Waals surface area (Å²) in [5.74, 6) is 0.425. The summed E-state index contributed by atoms with van der Waals surface area (Å²) in [5.41, 5.74) is 2.52. The summed E-state index contributed by atoms with van der Waals surface area (Å²) in [7, 11) is 0. The summed E-state index contributed by atoms with van der Waals surface area (Å²) in [6.45, 7) is 4.17. The van der Waals surface area contributed by atoms with Crippen molar-refractivity contribution in [2.45, 2.75) is 32.3 Å². The first-order chi connectivity index (χ1) is 7.75. The van der Waals surface area contributed by atoms with E-state index in [4.69, 9.17) is 0 Å². The largest absolute Gasteiger partial charge is 0.392 e. The minimum Gasteiger partial charge on any atom is -0.392 e. The normalized spacial score (nSPS) is 23.0. The minimum atomic E-state index is -0.199. The molecule has 0 spiro atoms.